The molecule has 0 unspecified atom stereocenters. The van der Waals surface area contributed by atoms with Gasteiger partial charge in [-0.1, -0.05) is 35.5 Å². The summed E-state index contributed by atoms with van der Waals surface area (Å²) in [5.74, 6) is 0.734. The summed E-state index contributed by atoms with van der Waals surface area (Å²) >= 11 is 1.33. The predicted molar refractivity (Wildman–Crippen MR) is 111 cm³/mol. The molecule has 1 aromatic carbocycles. The van der Waals surface area contributed by atoms with Crippen LogP contribution >= 0.6 is 11.8 Å². The van der Waals surface area contributed by atoms with E-state index < -0.39 is 0 Å². The zero-order valence-electron chi connectivity index (χ0n) is 16.1. The van der Waals surface area contributed by atoms with Crippen molar-refractivity contribution in [3.05, 3.63) is 60.1 Å². The number of rotatable bonds is 7. The van der Waals surface area contributed by atoms with Crippen molar-refractivity contribution in [2.75, 3.05) is 11.1 Å². The summed E-state index contributed by atoms with van der Waals surface area (Å²) in [6.45, 7) is 10.3. The first-order valence-corrected chi connectivity index (χ1v) is 9.79. The molecule has 1 amide bonds. The number of nitrogens with zero attached hydrogens (tertiary/aromatic N) is 5. The summed E-state index contributed by atoms with van der Waals surface area (Å²) in [6.07, 6.45) is 6.60. The Balaban J connectivity index is 1.73. The lowest BCUT2D eigenvalue weighted by atomic mass is 10.1. The molecule has 8 heteroatoms. The summed E-state index contributed by atoms with van der Waals surface area (Å²) in [5.41, 5.74) is 4.77. The van der Waals surface area contributed by atoms with E-state index in [2.05, 4.69) is 44.2 Å². The van der Waals surface area contributed by atoms with Gasteiger partial charge in [0.2, 0.25) is 5.91 Å². The number of thioether (sulfide) groups is 1. The molecular weight excluding hydrogens is 372 g/mol. The highest BCUT2D eigenvalue weighted by molar-refractivity contribution is 7.99. The minimum Gasteiger partial charge on any atom is -0.325 e. The fourth-order valence-electron chi connectivity index (χ4n) is 2.98. The standard InChI is InChI=1S/C20H22N6OS/c1-5-8-26-19(16-11-21-6-7-22-16)24-25-20(26)28-12-17(27)23-18-14(3)9-13(2)10-15(18)4/h5-7,9-11H,1,8,12H2,2-4H3,(H,23,27). The number of carbonyl (C=O) groups excluding carboxylic acids is 1. The molecule has 3 aromatic rings. The van der Waals surface area contributed by atoms with Crippen molar-refractivity contribution in [3.63, 3.8) is 0 Å². The minimum atomic E-state index is -0.0886. The molecule has 1 N–H and O–H groups in total. The summed E-state index contributed by atoms with van der Waals surface area (Å²) in [7, 11) is 0. The zero-order chi connectivity index (χ0) is 20.1. The number of nitrogens with one attached hydrogen (secondary N) is 1. The topological polar surface area (TPSA) is 85.6 Å². The van der Waals surface area contributed by atoms with Crippen LogP contribution in [0.2, 0.25) is 0 Å². The lowest BCUT2D eigenvalue weighted by Crippen LogP contribution is -2.16. The Labute approximate surface area is 168 Å². The van der Waals surface area contributed by atoms with E-state index in [1.807, 2.05) is 25.3 Å². The first kappa shape index (κ1) is 19.8. The summed E-state index contributed by atoms with van der Waals surface area (Å²) in [5, 5.41) is 12.1. The van der Waals surface area contributed by atoms with Crippen LogP contribution in [-0.4, -0.2) is 36.4 Å². The lowest BCUT2D eigenvalue weighted by molar-refractivity contribution is -0.113. The molecule has 28 heavy (non-hydrogen) atoms. The maximum atomic E-state index is 12.5. The third-order valence-corrected chi connectivity index (χ3v) is 5.06. The average molecular weight is 395 g/mol. The van der Waals surface area contributed by atoms with Crippen molar-refractivity contribution in [2.24, 2.45) is 0 Å². The number of anilines is 1. The number of carbonyl (C=O) groups is 1. The number of aryl methyl sites for hydroxylation is 3. The largest absolute Gasteiger partial charge is 0.325 e. The first-order chi connectivity index (χ1) is 13.5. The minimum absolute atomic E-state index is 0.0886. The van der Waals surface area contributed by atoms with Crippen LogP contribution in [0.3, 0.4) is 0 Å². The Bertz CT molecular complexity index is 976. The van der Waals surface area contributed by atoms with Crippen LogP contribution < -0.4 is 5.32 Å². The second-order valence-electron chi connectivity index (χ2n) is 6.41. The number of amides is 1. The fourth-order valence-corrected chi connectivity index (χ4v) is 3.72. The Morgan fingerprint density at radius 2 is 1.96 bits per heavy atom. The van der Waals surface area contributed by atoms with E-state index in [0.29, 0.717) is 23.2 Å². The van der Waals surface area contributed by atoms with E-state index in [1.54, 1.807) is 24.7 Å². The quantitative estimate of drug-likeness (QED) is 0.487. The van der Waals surface area contributed by atoms with Gasteiger partial charge in [0.05, 0.1) is 11.9 Å². The van der Waals surface area contributed by atoms with Crippen LogP contribution in [0.1, 0.15) is 16.7 Å². The molecule has 0 spiro atoms. The molecule has 7 nitrogen and oxygen atoms in total. The molecule has 0 aliphatic rings. The maximum Gasteiger partial charge on any atom is 0.234 e. The normalized spacial score (nSPS) is 10.7. The Kier molecular flexibility index (Phi) is 6.20. The van der Waals surface area contributed by atoms with Gasteiger partial charge in [-0.2, -0.15) is 0 Å². The van der Waals surface area contributed by atoms with E-state index in [4.69, 9.17) is 0 Å². The van der Waals surface area contributed by atoms with Gasteiger partial charge in [0.25, 0.3) is 0 Å². The molecule has 0 bridgehead atoms. The highest BCUT2D eigenvalue weighted by Gasteiger charge is 2.16. The van der Waals surface area contributed by atoms with Gasteiger partial charge in [-0.15, -0.1) is 16.8 Å². The molecule has 0 aliphatic carbocycles. The van der Waals surface area contributed by atoms with Gasteiger partial charge >= 0.3 is 0 Å². The molecule has 2 aromatic heterocycles. The Hall–Kier alpha value is -3.00. The van der Waals surface area contributed by atoms with Gasteiger partial charge in [-0.25, -0.2) is 4.98 Å². The molecule has 0 fully saturated rings. The van der Waals surface area contributed by atoms with Crippen molar-refractivity contribution < 1.29 is 4.79 Å². The van der Waals surface area contributed by atoms with Crippen LogP contribution in [0, 0.1) is 20.8 Å². The molecule has 0 atom stereocenters. The number of hydrogen-bond donors (Lipinski definition) is 1. The zero-order valence-corrected chi connectivity index (χ0v) is 17.0. The van der Waals surface area contributed by atoms with Crippen molar-refractivity contribution in [1.29, 1.82) is 0 Å². The van der Waals surface area contributed by atoms with Gasteiger partial charge in [0.1, 0.15) is 5.69 Å². The van der Waals surface area contributed by atoms with Crippen LogP contribution in [0.4, 0.5) is 5.69 Å². The Morgan fingerprint density at radius 1 is 1.21 bits per heavy atom. The van der Waals surface area contributed by atoms with Crippen LogP contribution in [-0.2, 0) is 11.3 Å². The molecule has 3 rings (SSSR count). The van der Waals surface area contributed by atoms with Crippen LogP contribution in [0.5, 0.6) is 0 Å². The predicted octanol–water partition coefficient (Wildman–Crippen LogP) is 3.58. The van der Waals surface area contributed by atoms with Gasteiger partial charge < -0.3 is 5.32 Å². The third kappa shape index (κ3) is 4.45. The summed E-state index contributed by atoms with van der Waals surface area (Å²) < 4.78 is 1.87. The monoisotopic (exact) mass is 394 g/mol. The molecule has 144 valence electrons. The highest BCUT2D eigenvalue weighted by Crippen LogP contribution is 2.24. The number of benzene rings is 1. The fraction of sp³-hybridized carbons (Fsp3) is 0.250. The SMILES string of the molecule is C=CCn1c(SCC(=O)Nc2c(C)cc(C)cc2C)nnc1-c1cnccn1. The molecule has 0 aliphatic heterocycles. The number of allylic oxidation sites excluding steroid dienone is 1. The molecule has 2 heterocycles. The molecule has 0 saturated carbocycles. The Morgan fingerprint density at radius 3 is 2.61 bits per heavy atom. The highest BCUT2D eigenvalue weighted by atomic mass is 32.2. The van der Waals surface area contributed by atoms with E-state index >= 15 is 0 Å². The van der Waals surface area contributed by atoms with Crippen LogP contribution in [0.25, 0.3) is 11.5 Å². The molecule has 0 saturated heterocycles. The molecular formula is C20H22N6OS. The van der Waals surface area contributed by atoms with Gasteiger partial charge in [0, 0.05) is 24.6 Å². The maximum absolute atomic E-state index is 12.5. The second-order valence-corrected chi connectivity index (χ2v) is 7.35. The van der Waals surface area contributed by atoms with E-state index in [-0.39, 0.29) is 11.7 Å². The number of hydrogen-bond acceptors (Lipinski definition) is 6. The summed E-state index contributed by atoms with van der Waals surface area (Å²) in [6, 6.07) is 4.12. The smallest absolute Gasteiger partial charge is 0.234 e. The van der Waals surface area contributed by atoms with E-state index in [1.165, 1.54) is 17.3 Å². The van der Waals surface area contributed by atoms with E-state index in [0.717, 1.165) is 16.8 Å². The number of aromatic nitrogens is 5. The first-order valence-electron chi connectivity index (χ1n) is 8.80. The van der Waals surface area contributed by atoms with Crippen molar-refractivity contribution >= 4 is 23.4 Å². The van der Waals surface area contributed by atoms with Crippen molar-refractivity contribution in [1.82, 2.24) is 24.7 Å². The van der Waals surface area contributed by atoms with Gasteiger partial charge in [-0.3, -0.25) is 14.3 Å². The molecule has 0 radical (unpaired) electrons. The average Bonchev–Trinajstić information content (AvgIpc) is 3.07. The van der Waals surface area contributed by atoms with E-state index in [9.17, 15) is 4.79 Å². The van der Waals surface area contributed by atoms with Gasteiger partial charge in [0.15, 0.2) is 11.0 Å². The van der Waals surface area contributed by atoms with Crippen LogP contribution in [0.15, 0.2) is 48.5 Å². The second kappa shape index (κ2) is 8.79. The summed E-state index contributed by atoms with van der Waals surface area (Å²) in [4.78, 5) is 20.8. The lowest BCUT2D eigenvalue weighted by Gasteiger charge is -2.13. The van der Waals surface area contributed by atoms with Gasteiger partial charge in [-0.05, 0) is 31.9 Å². The third-order valence-electron chi connectivity index (χ3n) is 4.09. The van der Waals surface area contributed by atoms with Crippen molar-refractivity contribution in [2.45, 2.75) is 32.5 Å². The van der Waals surface area contributed by atoms with Crippen molar-refractivity contribution in [3.8, 4) is 11.5 Å².